The average molecular weight is 391 g/mol. The number of anilines is 1. The van der Waals surface area contributed by atoms with Crippen LogP contribution in [0.15, 0.2) is 42.5 Å². The molecule has 7 heteroatoms. The lowest BCUT2D eigenvalue weighted by Gasteiger charge is -2.16. The van der Waals surface area contributed by atoms with E-state index in [0.717, 1.165) is 28.7 Å². The number of rotatable bonds is 8. The number of aryl methyl sites for hydroxylation is 1. The third-order valence-corrected chi connectivity index (χ3v) is 4.82. The van der Waals surface area contributed by atoms with Crippen molar-refractivity contribution >= 4 is 21.6 Å². The second-order valence-corrected chi connectivity index (χ2v) is 8.33. The summed E-state index contributed by atoms with van der Waals surface area (Å²) in [6, 6.07) is 12.5. The molecule has 2 aromatic carbocycles. The van der Waals surface area contributed by atoms with Crippen molar-refractivity contribution in [1.29, 1.82) is 0 Å². The van der Waals surface area contributed by atoms with Crippen LogP contribution in [0.1, 0.15) is 36.1 Å². The minimum absolute atomic E-state index is 0.130. The molecule has 0 saturated heterocycles. The summed E-state index contributed by atoms with van der Waals surface area (Å²) < 4.78 is 30.8. The third kappa shape index (κ3) is 6.60. The molecule has 0 heterocycles. The smallest absolute Gasteiger partial charge is 0.229 e. The predicted octanol–water partition coefficient (Wildman–Crippen LogP) is 3.32. The van der Waals surface area contributed by atoms with Crippen LogP contribution < -0.4 is 14.8 Å². The lowest BCUT2D eigenvalue weighted by Crippen LogP contribution is -2.28. The normalized spacial score (nSPS) is 12.3. The number of sulfonamides is 1. The average Bonchev–Trinajstić information content (AvgIpc) is 2.57. The second kappa shape index (κ2) is 8.90. The van der Waals surface area contributed by atoms with E-state index in [1.54, 1.807) is 18.2 Å². The largest absolute Gasteiger partial charge is 0.493 e. The van der Waals surface area contributed by atoms with Crippen molar-refractivity contribution in [3.8, 4) is 5.75 Å². The molecule has 0 aliphatic carbocycles. The molecule has 0 fully saturated rings. The fourth-order valence-corrected chi connectivity index (χ4v) is 3.17. The zero-order valence-corrected chi connectivity index (χ0v) is 16.9. The van der Waals surface area contributed by atoms with Gasteiger partial charge in [-0.1, -0.05) is 24.3 Å². The van der Waals surface area contributed by atoms with Crippen molar-refractivity contribution in [2.24, 2.45) is 0 Å². The summed E-state index contributed by atoms with van der Waals surface area (Å²) in [6.45, 7) is 6.15. The fraction of sp³-hybridized carbons (Fsp3) is 0.350. The van der Waals surface area contributed by atoms with E-state index in [1.807, 2.05) is 45.0 Å². The Bertz CT molecular complexity index is 910. The topological polar surface area (TPSA) is 84.5 Å². The van der Waals surface area contributed by atoms with E-state index in [9.17, 15) is 13.2 Å². The highest BCUT2D eigenvalue weighted by Crippen LogP contribution is 2.21. The van der Waals surface area contributed by atoms with Crippen LogP contribution in [-0.4, -0.2) is 27.2 Å². The number of amides is 1. The number of benzene rings is 2. The van der Waals surface area contributed by atoms with Gasteiger partial charge in [-0.15, -0.1) is 0 Å². The summed E-state index contributed by atoms with van der Waals surface area (Å²) in [4.78, 5) is 12.2. The Hall–Kier alpha value is -2.54. The monoisotopic (exact) mass is 390 g/mol. The van der Waals surface area contributed by atoms with Crippen molar-refractivity contribution in [3.63, 3.8) is 0 Å². The number of hydrogen-bond acceptors (Lipinski definition) is 4. The second-order valence-electron chi connectivity index (χ2n) is 6.59. The van der Waals surface area contributed by atoms with Crippen LogP contribution in [0.25, 0.3) is 0 Å². The maximum absolute atomic E-state index is 12.2. The molecular formula is C20H26N2O4S. The van der Waals surface area contributed by atoms with Gasteiger partial charge in [0, 0.05) is 5.69 Å². The molecule has 0 spiro atoms. The van der Waals surface area contributed by atoms with Crippen molar-refractivity contribution in [2.75, 3.05) is 17.6 Å². The molecule has 0 saturated carbocycles. The van der Waals surface area contributed by atoms with Gasteiger partial charge in [0.05, 0.1) is 25.3 Å². The molecule has 0 aromatic heterocycles. The Labute approximate surface area is 161 Å². The van der Waals surface area contributed by atoms with Crippen molar-refractivity contribution in [2.45, 2.75) is 33.2 Å². The lowest BCUT2D eigenvalue weighted by atomic mass is 10.1. The van der Waals surface area contributed by atoms with E-state index in [4.69, 9.17) is 4.74 Å². The minimum Gasteiger partial charge on any atom is -0.493 e. The Balaban J connectivity index is 1.88. The number of carbonyl (C=O) groups is 1. The van der Waals surface area contributed by atoms with Gasteiger partial charge >= 0.3 is 0 Å². The quantitative estimate of drug-likeness (QED) is 0.724. The van der Waals surface area contributed by atoms with Crippen LogP contribution in [0, 0.1) is 13.8 Å². The maximum atomic E-state index is 12.2. The molecule has 0 aliphatic heterocycles. The van der Waals surface area contributed by atoms with Crippen LogP contribution in [-0.2, 0) is 14.8 Å². The predicted molar refractivity (Wildman–Crippen MR) is 107 cm³/mol. The van der Waals surface area contributed by atoms with Crippen LogP contribution in [0.2, 0.25) is 0 Å². The fourth-order valence-electron chi connectivity index (χ4n) is 2.62. The van der Waals surface area contributed by atoms with Crippen molar-refractivity contribution in [3.05, 3.63) is 59.2 Å². The first-order chi connectivity index (χ1) is 12.7. The summed E-state index contributed by atoms with van der Waals surface area (Å²) in [7, 11) is -3.34. The Kier molecular flexibility index (Phi) is 6.85. The molecule has 1 atom stereocenters. The summed E-state index contributed by atoms with van der Waals surface area (Å²) in [5, 5.41) is 2.90. The van der Waals surface area contributed by atoms with Crippen LogP contribution in [0.5, 0.6) is 5.75 Å². The van der Waals surface area contributed by atoms with Gasteiger partial charge in [0.25, 0.3) is 0 Å². The third-order valence-electron chi connectivity index (χ3n) is 4.21. The molecule has 2 N–H and O–H groups in total. The zero-order chi connectivity index (χ0) is 20.0. The van der Waals surface area contributed by atoms with Gasteiger partial charge < -0.3 is 10.1 Å². The lowest BCUT2D eigenvalue weighted by molar-refractivity contribution is -0.122. The molecular weight excluding hydrogens is 364 g/mol. The van der Waals surface area contributed by atoms with Crippen LogP contribution in [0.4, 0.5) is 5.69 Å². The minimum atomic E-state index is -3.34. The first-order valence-electron chi connectivity index (χ1n) is 8.72. The molecule has 1 amide bonds. The van der Waals surface area contributed by atoms with E-state index in [0.29, 0.717) is 12.3 Å². The van der Waals surface area contributed by atoms with Gasteiger partial charge in [0.2, 0.25) is 15.9 Å². The SMILES string of the molecule is Cc1cccc(OCCC(=O)NC(C)c2cccc(NS(C)(=O)=O)c2)c1C. The molecule has 27 heavy (non-hydrogen) atoms. The summed E-state index contributed by atoms with van der Waals surface area (Å²) in [6.07, 6.45) is 1.33. The number of carbonyl (C=O) groups excluding carboxylic acids is 1. The maximum Gasteiger partial charge on any atom is 0.229 e. The number of nitrogens with one attached hydrogen (secondary N) is 2. The van der Waals surface area contributed by atoms with Gasteiger partial charge in [-0.05, 0) is 55.7 Å². The highest BCUT2D eigenvalue weighted by Gasteiger charge is 2.12. The molecule has 0 aliphatic rings. The highest BCUT2D eigenvalue weighted by molar-refractivity contribution is 7.92. The van der Waals surface area contributed by atoms with Gasteiger partial charge in [-0.3, -0.25) is 9.52 Å². The van der Waals surface area contributed by atoms with Gasteiger partial charge in [0.1, 0.15) is 5.75 Å². The molecule has 2 aromatic rings. The standard InChI is InChI=1S/C20H26N2O4S/c1-14-7-5-10-19(15(14)2)26-12-11-20(23)21-16(3)17-8-6-9-18(13-17)22-27(4,24)25/h5-10,13,16,22H,11-12H2,1-4H3,(H,21,23). The van der Waals surface area contributed by atoms with E-state index in [1.165, 1.54) is 0 Å². The molecule has 6 nitrogen and oxygen atoms in total. The first kappa shape index (κ1) is 20.8. The Morgan fingerprint density at radius 3 is 2.56 bits per heavy atom. The Morgan fingerprint density at radius 2 is 1.85 bits per heavy atom. The van der Waals surface area contributed by atoms with E-state index in [-0.39, 0.29) is 18.4 Å². The van der Waals surface area contributed by atoms with E-state index >= 15 is 0 Å². The summed E-state index contributed by atoms with van der Waals surface area (Å²) in [5.41, 5.74) is 3.50. The molecule has 0 radical (unpaired) electrons. The van der Waals surface area contributed by atoms with Gasteiger partial charge in [0.15, 0.2) is 0 Å². The molecule has 2 rings (SSSR count). The number of hydrogen-bond donors (Lipinski definition) is 2. The van der Waals surface area contributed by atoms with Crippen molar-refractivity contribution in [1.82, 2.24) is 5.32 Å². The highest BCUT2D eigenvalue weighted by atomic mass is 32.2. The molecule has 146 valence electrons. The van der Waals surface area contributed by atoms with Crippen LogP contribution in [0.3, 0.4) is 0 Å². The first-order valence-corrected chi connectivity index (χ1v) is 10.6. The van der Waals surface area contributed by atoms with E-state index in [2.05, 4.69) is 10.0 Å². The summed E-state index contributed by atoms with van der Waals surface area (Å²) in [5.74, 6) is 0.657. The Morgan fingerprint density at radius 1 is 1.15 bits per heavy atom. The van der Waals surface area contributed by atoms with E-state index < -0.39 is 10.0 Å². The van der Waals surface area contributed by atoms with Gasteiger partial charge in [-0.2, -0.15) is 0 Å². The number of ether oxygens (including phenoxy) is 1. The van der Waals surface area contributed by atoms with Gasteiger partial charge in [-0.25, -0.2) is 8.42 Å². The molecule has 1 unspecified atom stereocenters. The van der Waals surface area contributed by atoms with Crippen molar-refractivity contribution < 1.29 is 17.9 Å². The summed E-state index contributed by atoms with van der Waals surface area (Å²) >= 11 is 0. The van der Waals surface area contributed by atoms with Crippen LogP contribution >= 0.6 is 0 Å². The molecule has 0 bridgehead atoms. The zero-order valence-electron chi connectivity index (χ0n) is 16.1.